The van der Waals surface area contributed by atoms with E-state index in [2.05, 4.69) is 20.4 Å². The van der Waals surface area contributed by atoms with Crippen molar-refractivity contribution in [3.8, 4) is 17.1 Å². The number of aromatic nitrogens is 4. The van der Waals surface area contributed by atoms with Crippen LogP contribution >= 0.6 is 0 Å². The molecule has 8 nitrogen and oxygen atoms in total. The van der Waals surface area contributed by atoms with Gasteiger partial charge >= 0.3 is 6.18 Å². The number of hydrogen-bond donors (Lipinski definition) is 1. The van der Waals surface area contributed by atoms with Crippen molar-refractivity contribution in [2.75, 3.05) is 12.4 Å². The first-order valence-electron chi connectivity index (χ1n) is 8.84. The quantitative estimate of drug-likeness (QED) is 0.692. The zero-order valence-electron chi connectivity index (χ0n) is 15.9. The van der Waals surface area contributed by atoms with Gasteiger partial charge in [0.15, 0.2) is 0 Å². The van der Waals surface area contributed by atoms with E-state index in [4.69, 9.17) is 4.74 Å². The number of nitrogens with zero attached hydrogens (tertiary/aromatic N) is 4. The molecule has 0 bridgehead atoms. The molecule has 1 N–H and O–H groups in total. The molecule has 0 atom stereocenters. The Hall–Kier alpha value is -3.63. The van der Waals surface area contributed by atoms with Crippen molar-refractivity contribution in [1.82, 2.24) is 19.7 Å². The number of rotatable bonds is 4. The van der Waals surface area contributed by atoms with Crippen molar-refractivity contribution in [3.05, 3.63) is 46.8 Å². The van der Waals surface area contributed by atoms with Crippen LogP contribution in [0, 0.1) is 0 Å². The van der Waals surface area contributed by atoms with Gasteiger partial charge in [0.1, 0.15) is 11.4 Å². The summed E-state index contributed by atoms with van der Waals surface area (Å²) in [6.45, 7) is 0. The first kappa shape index (κ1) is 19.7. The third-order valence-corrected chi connectivity index (χ3v) is 4.80. The minimum Gasteiger partial charge on any atom is -0.543 e. The number of fused-ring (bicyclic) bond motifs is 3. The number of carbonyl (C=O) groups is 1. The second-order valence-electron chi connectivity index (χ2n) is 6.73. The van der Waals surface area contributed by atoms with Gasteiger partial charge in [-0.1, -0.05) is 0 Å². The number of ether oxygens (including phenoxy) is 1. The number of nitrogens with one attached hydrogen (secondary N) is 1. The number of hydrogen-bond acceptors (Lipinski definition) is 7. The minimum atomic E-state index is -4.55. The topological polar surface area (TPSA) is 105 Å². The lowest BCUT2D eigenvalue weighted by atomic mass is 9.93. The third-order valence-electron chi connectivity index (χ3n) is 4.80. The molecular formula is C19H15F3N5O3-. The zero-order chi connectivity index (χ0) is 21.6. The Bertz CT molecular complexity index is 1160. The molecule has 2 heterocycles. The summed E-state index contributed by atoms with van der Waals surface area (Å²) in [7, 11) is 2.86. The molecule has 1 aromatic carbocycles. The Morgan fingerprint density at radius 1 is 1.27 bits per heavy atom. The van der Waals surface area contributed by atoms with Crippen LogP contribution in [0.25, 0.3) is 11.4 Å². The molecule has 0 spiro atoms. The average Bonchev–Trinajstić information content (AvgIpc) is 3.04. The predicted molar refractivity (Wildman–Crippen MR) is 97.3 cm³/mol. The van der Waals surface area contributed by atoms with Gasteiger partial charge in [0.05, 0.1) is 30.0 Å². The summed E-state index contributed by atoms with van der Waals surface area (Å²) in [5, 5.41) is 18.1. The largest absolute Gasteiger partial charge is 0.543 e. The molecule has 1 aliphatic rings. The molecule has 0 radical (unpaired) electrons. The van der Waals surface area contributed by atoms with E-state index < -0.39 is 17.7 Å². The Labute approximate surface area is 168 Å². The van der Waals surface area contributed by atoms with Crippen molar-refractivity contribution in [1.29, 1.82) is 0 Å². The van der Waals surface area contributed by atoms with Crippen LogP contribution in [-0.4, -0.2) is 32.8 Å². The van der Waals surface area contributed by atoms with E-state index in [1.54, 1.807) is 13.2 Å². The smallest absolute Gasteiger partial charge is 0.416 e. The Morgan fingerprint density at radius 2 is 2.03 bits per heavy atom. The first-order chi connectivity index (χ1) is 14.2. The molecule has 4 rings (SSSR count). The number of aryl methyl sites for hydroxylation is 2. The van der Waals surface area contributed by atoms with Gasteiger partial charge in [-0.25, -0.2) is 9.97 Å². The van der Waals surface area contributed by atoms with E-state index in [0.29, 0.717) is 29.8 Å². The standard InChI is InChI=1S/C19H16F3N5O3/c1-27-16-13(15(26-27)17(28)29)4-3-9-8-23-18(25-14(9)16)24-11-5-10(19(20,21)22)6-12(7-11)30-2/h5-8H,3-4H2,1-2H3,(H,28,29)(H,23,24,25)/p-1. The van der Waals surface area contributed by atoms with E-state index in [9.17, 15) is 23.1 Å². The maximum atomic E-state index is 13.1. The first-order valence-corrected chi connectivity index (χ1v) is 8.84. The fourth-order valence-electron chi connectivity index (χ4n) is 3.46. The van der Waals surface area contributed by atoms with Crippen LogP contribution in [0.5, 0.6) is 5.75 Å². The lowest BCUT2D eigenvalue weighted by molar-refractivity contribution is -0.255. The highest BCUT2D eigenvalue weighted by Gasteiger charge is 2.32. The number of alkyl halides is 3. The second kappa shape index (κ2) is 7.01. The highest BCUT2D eigenvalue weighted by Crippen LogP contribution is 2.36. The van der Waals surface area contributed by atoms with Crippen LogP contribution in [0.2, 0.25) is 0 Å². The molecule has 0 unspecified atom stereocenters. The Kier molecular flexibility index (Phi) is 4.60. The number of carboxylic acids is 1. The summed E-state index contributed by atoms with van der Waals surface area (Å²) in [4.78, 5) is 19.9. The number of carboxylic acid groups (broad SMARTS) is 1. The van der Waals surface area contributed by atoms with Gasteiger partial charge in [0.2, 0.25) is 5.95 Å². The lowest BCUT2D eigenvalue weighted by Gasteiger charge is -2.18. The number of carbonyl (C=O) groups excluding carboxylic acids is 1. The van der Waals surface area contributed by atoms with Crippen molar-refractivity contribution < 1.29 is 27.8 Å². The normalized spacial score (nSPS) is 12.8. The molecule has 0 aliphatic heterocycles. The van der Waals surface area contributed by atoms with Crippen LogP contribution in [0.1, 0.15) is 27.2 Å². The molecule has 0 saturated carbocycles. The number of methoxy groups -OCH3 is 1. The van der Waals surface area contributed by atoms with Gasteiger partial charge < -0.3 is 20.0 Å². The van der Waals surface area contributed by atoms with Gasteiger partial charge in [0, 0.05) is 30.6 Å². The van der Waals surface area contributed by atoms with Crippen molar-refractivity contribution in [2.45, 2.75) is 19.0 Å². The summed E-state index contributed by atoms with van der Waals surface area (Å²) in [6, 6.07) is 3.21. The highest BCUT2D eigenvalue weighted by molar-refractivity contribution is 5.88. The Balaban J connectivity index is 1.75. The minimum absolute atomic E-state index is 0.0257. The van der Waals surface area contributed by atoms with E-state index in [1.807, 2.05) is 0 Å². The summed E-state index contributed by atoms with van der Waals surface area (Å²) < 4.78 is 45.8. The fraction of sp³-hybridized carbons (Fsp3) is 0.263. The fourth-order valence-corrected chi connectivity index (χ4v) is 3.46. The highest BCUT2D eigenvalue weighted by atomic mass is 19.4. The lowest BCUT2D eigenvalue weighted by Crippen LogP contribution is -2.24. The summed E-state index contributed by atoms with van der Waals surface area (Å²) >= 11 is 0. The van der Waals surface area contributed by atoms with E-state index in [0.717, 1.165) is 17.7 Å². The summed E-state index contributed by atoms with van der Waals surface area (Å²) in [5.41, 5.74) is 1.34. The zero-order valence-corrected chi connectivity index (χ0v) is 15.9. The number of benzene rings is 1. The Morgan fingerprint density at radius 3 is 2.70 bits per heavy atom. The predicted octanol–water partition coefficient (Wildman–Crippen LogP) is 2.11. The number of halogens is 3. The van der Waals surface area contributed by atoms with Crippen LogP contribution < -0.4 is 15.2 Å². The maximum absolute atomic E-state index is 13.1. The molecule has 156 valence electrons. The molecule has 11 heteroatoms. The number of aromatic carboxylic acids is 1. The van der Waals surface area contributed by atoms with Crippen molar-refractivity contribution in [2.24, 2.45) is 7.05 Å². The van der Waals surface area contributed by atoms with Gasteiger partial charge in [-0.2, -0.15) is 18.3 Å². The van der Waals surface area contributed by atoms with Crippen LogP contribution in [-0.2, 0) is 26.1 Å². The van der Waals surface area contributed by atoms with E-state index in [1.165, 1.54) is 17.9 Å². The molecule has 3 aromatic rings. The summed E-state index contributed by atoms with van der Waals surface area (Å²) in [5.74, 6) is -1.30. The molecule has 2 aromatic heterocycles. The molecule has 0 amide bonds. The molecule has 1 aliphatic carbocycles. The van der Waals surface area contributed by atoms with Crippen LogP contribution in [0.15, 0.2) is 24.4 Å². The average molecular weight is 418 g/mol. The maximum Gasteiger partial charge on any atom is 0.416 e. The van der Waals surface area contributed by atoms with Gasteiger partial charge in [0.25, 0.3) is 0 Å². The van der Waals surface area contributed by atoms with Crippen molar-refractivity contribution in [3.63, 3.8) is 0 Å². The monoisotopic (exact) mass is 418 g/mol. The number of anilines is 2. The SMILES string of the molecule is COc1cc(Nc2ncc3c(n2)-c2c(c(C(=O)[O-])nn2C)CC3)cc(C(F)(F)F)c1. The van der Waals surface area contributed by atoms with Crippen LogP contribution in [0.3, 0.4) is 0 Å². The second-order valence-corrected chi connectivity index (χ2v) is 6.73. The van der Waals surface area contributed by atoms with Gasteiger partial charge in [-0.3, -0.25) is 4.68 Å². The van der Waals surface area contributed by atoms with Crippen LogP contribution in [0.4, 0.5) is 24.8 Å². The van der Waals surface area contributed by atoms with Gasteiger partial charge in [-0.15, -0.1) is 0 Å². The molecular weight excluding hydrogens is 403 g/mol. The van der Waals surface area contributed by atoms with Crippen molar-refractivity contribution >= 4 is 17.6 Å². The van der Waals surface area contributed by atoms with Gasteiger partial charge in [-0.05, 0) is 30.5 Å². The molecule has 0 saturated heterocycles. The van der Waals surface area contributed by atoms with E-state index >= 15 is 0 Å². The van der Waals surface area contributed by atoms with E-state index in [-0.39, 0.29) is 23.1 Å². The third kappa shape index (κ3) is 3.42. The summed E-state index contributed by atoms with van der Waals surface area (Å²) in [6.07, 6.45) is -2.04. The molecule has 0 fully saturated rings. The molecule has 30 heavy (non-hydrogen) atoms.